The van der Waals surface area contributed by atoms with Gasteiger partial charge in [-0.3, -0.25) is 14.9 Å². The number of carboxylic acid groups (broad SMARTS) is 1. The molecule has 1 fully saturated rings. The Morgan fingerprint density at radius 2 is 1.68 bits per heavy atom. The van der Waals surface area contributed by atoms with Gasteiger partial charge in [-0.25, -0.2) is 4.79 Å². The van der Waals surface area contributed by atoms with Crippen molar-refractivity contribution in [2.75, 3.05) is 17.7 Å². The number of ether oxygens (including phenoxy) is 1. The van der Waals surface area contributed by atoms with Gasteiger partial charge in [-0.2, -0.15) is 0 Å². The average molecular weight is 348 g/mol. The maximum Gasteiger partial charge on any atom is 0.411 e. The molecule has 1 aliphatic carbocycles. The van der Waals surface area contributed by atoms with Crippen LogP contribution in [0.3, 0.4) is 0 Å². The fourth-order valence-corrected chi connectivity index (χ4v) is 3.23. The number of rotatable bonds is 5. The molecule has 0 aromatic heterocycles. The van der Waals surface area contributed by atoms with Crippen molar-refractivity contribution in [3.63, 3.8) is 0 Å². The maximum absolute atomic E-state index is 12.4. The van der Waals surface area contributed by atoms with E-state index in [4.69, 9.17) is 0 Å². The van der Waals surface area contributed by atoms with E-state index in [9.17, 15) is 19.5 Å². The Kier molecular flexibility index (Phi) is 6.38. The first-order valence-electron chi connectivity index (χ1n) is 8.43. The van der Waals surface area contributed by atoms with Crippen LogP contribution in [-0.2, 0) is 14.3 Å². The number of amides is 2. The van der Waals surface area contributed by atoms with Gasteiger partial charge in [-0.15, -0.1) is 0 Å². The highest BCUT2D eigenvalue weighted by Crippen LogP contribution is 2.38. The summed E-state index contributed by atoms with van der Waals surface area (Å²) in [5, 5.41) is 14.9. The summed E-state index contributed by atoms with van der Waals surface area (Å²) < 4.78 is 4.52. The molecule has 2 rings (SSSR count). The molecule has 0 unspecified atom stereocenters. The molecule has 7 nitrogen and oxygen atoms in total. The molecule has 0 radical (unpaired) electrons. The van der Waals surface area contributed by atoms with Gasteiger partial charge in [0.15, 0.2) is 0 Å². The van der Waals surface area contributed by atoms with Crippen molar-refractivity contribution in [2.24, 2.45) is 5.41 Å². The fraction of sp³-hybridized carbons (Fsp3) is 0.500. The zero-order valence-corrected chi connectivity index (χ0v) is 14.3. The molecule has 1 saturated carbocycles. The lowest BCUT2D eigenvalue weighted by atomic mass is 9.77. The van der Waals surface area contributed by atoms with E-state index in [0.717, 1.165) is 25.7 Å². The zero-order chi connectivity index (χ0) is 18.3. The monoisotopic (exact) mass is 348 g/mol. The van der Waals surface area contributed by atoms with E-state index < -0.39 is 17.5 Å². The Balaban J connectivity index is 2.04. The van der Waals surface area contributed by atoms with Gasteiger partial charge in [0.1, 0.15) is 0 Å². The van der Waals surface area contributed by atoms with Crippen LogP contribution in [0.25, 0.3) is 0 Å². The first-order valence-corrected chi connectivity index (χ1v) is 8.43. The molecule has 0 atom stereocenters. The van der Waals surface area contributed by atoms with Crippen molar-refractivity contribution in [3.8, 4) is 0 Å². The first kappa shape index (κ1) is 18.8. The van der Waals surface area contributed by atoms with Crippen molar-refractivity contribution in [1.29, 1.82) is 0 Å². The number of anilines is 2. The Labute approximate surface area is 146 Å². The second-order valence-corrected chi connectivity index (χ2v) is 6.42. The third kappa shape index (κ3) is 5.20. The smallest absolute Gasteiger partial charge is 0.411 e. The third-order valence-electron chi connectivity index (χ3n) is 4.59. The largest absolute Gasteiger partial charge is 0.481 e. The summed E-state index contributed by atoms with van der Waals surface area (Å²) in [6.07, 6.45) is 4.09. The van der Waals surface area contributed by atoms with E-state index in [-0.39, 0.29) is 12.3 Å². The zero-order valence-electron chi connectivity index (χ0n) is 14.3. The lowest BCUT2D eigenvalue weighted by Gasteiger charge is -2.27. The fourth-order valence-electron chi connectivity index (χ4n) is 3.23. The van der Waals surface area contributed by atoms with Crippen molar-refractivity contribution in [2.45, 2.75) is 44.9 Å². The van der Waals surface area contributed by atoms with Crippen molar-refractivity contribution < 1.29 is 24.2 Å². The highest BCUT2D eigenvalue weighted by Gasteiger charge is 2.40. The predicted octanol–water partition coefficient (Wildman–Crippen LogP) is 3.62. The molecular weight excluding hydrogens is 324 g/mol. The van der Waals surface area contributed by atoms with Crippen molar-refractivity contribution >= 4 is 29.3 Å². The van der Waals surface area contributed by atoms with E-state index in [0.29, 0.717) is 24.2 Å². The summed E-state index contributed by atoms with van der Waals surface area (Å²) in [5.74, 6) is -1.23. The minimum Gasteiger partial charge on any atom is -0.481 e. The number of methoxy groups -OCH3 is 1. The van der Waals surface area contributed by atoms with Gasteiger partial charge in [0.2, 0.25) is 5.91 Å². The Bertz CT molecular complexity index is 636. The molecule has 0 bridgehead atoms. The summed E-state index contributed by atoms with van der Waals surface area (Å²) >= 11 is 0. The van der Waals surface area contributed by atoms with Crippen LogP contribution >= 0.6 is 0 Å². The number of carboxylic acids is 1. The summed E-state index contributed by atoms with van der Waals surface area (Å²) in [6, 6.07) is 6.62. The van der Waals surface area contributed by atoms with Crippen LogP contribution in [0.1, 0.15) is 44.9 Å². The second-order valence-electron chi connectivity index (χ2n) is 6.42. The van der Waals surface area contributed by atoms with Crippen LogP contribution in [-0.4, -0.2) is 30.2 Å². The number of hydrogen-bond donors (Lipinski definition) is 3. The standard InChI is InChI=1S/C18H24N2O5/c1-25-17(24)20-14-8-6-7-13(11-14)19-15(21)12-18(16(22)23)9-4-2-3-5-10-18/h6-8,11H,2-5,9-10,12H2,1H3,(H,19,21)(H,20,24)(H,22,23). The van der Waals surface area contributed by atoms with E-state index in [1.54, 1.807) is 24.3 Å². The van der Waals surface area contributed by atoms with Gasteiger partial charge < -0.3 is 15.2 Å². The van der Waals surface area contributed by atoms with Crippen LogP contribution in [0.2, 0.25) is 0 Å². The van der Waals surface area contributed by atoms with Gasteiger partial charge in [-0.05, 0) is 31.0 Å². The summed E-state index contributed by atoms with van der Waals surface area (Å²) in [4.78, 5) is 35.4. The molecule has 1 aliphatic rings. The van der Waals surface area contributed by atoms with Crippen LogP contribution in [0.4, 0.5) is 16.2 Å². The molecule has 1 aromatic carbocycles. The number of carbonyl (C=O) groups is 3. The van der Waals surface area contributed by atoms with E-state index in [1.165, 1.54) is 7.11 Å². The number of carbonyl (C=O) groups excluding carboxylic acids is 2. The van der Waals surface area contributed by atoms with Gasteiger partial charge >= 0.3 is 12.1 Å². The van der Waals surface area contributed by atoms with Gasteiger partial charge in [0.05, 0.1) is 12.5 Å². The van der Waals surface area contributed by atoms with Crippen molar-refractivity contribution in [3.05, 3.63) is 24.3 Å². The average Bonchev–Trinajstić information content (AvgIpc) is 2.81. The molecule has 3 N–H and O–H groups in total. The summed E-state index contributed by atoms with van der Waals surface area (Å²) in [5.41, 5.74) is -0.0113. The van der Waals surface area contributed by atoms with E-state index in [2.05, 4.69) is 15.4 Å². The molecule has 0 heterocycles. The molecule has 136 valence electrons. The molecule has 7 heteroatoms. The number of benzene rings is 1. The van der Waals surface area contributed by atoms with Crippen LogP contribution in [0.5, 0.6) is 0 Å². The topological polar surface area (TPSA) is 105 Å². The first-order chi connectivity index (χ1) is 11.9. The lowest BCUT2D eigenvalue weighted by molar-refractivity contribution is -0.152. The third-order valence-corrected chi connectivity index (χ3v) is 4.59. The maximum atomic E-state index is 12.4. The molecule has 0 spiro atoms. The Hall–Kier alpha value is -2.57. The Morgan fingerprint density at radius 3 is 2.24 bits per heavy atom. The van der Waals surface area contributed by atoms with Gasteiger partial charge in [0, 0.05) is 17.8 Å². The molecule has 0 aliphatic heterocycles. The SMILES string of the molecule is COC(=O)Nc1cccc(NC(=O)CC2(C(=O)O)CCCCCC2)c1. The quantitative estimate of drug-likeness (QED) is 0.705. The molecule has 1 aromatic rings. The highest BCUT2D eigenvalue weighted by molar-refractivity contribution is 5.95. The summed E-state index contributed by atoms with van der Waals surface area (Å²) in [6.45, 7) is 0. The number of aliphatic carboxylic acids is 1. The second kappa shape index (κ2) is 8.50. The molecular formula is C18H24N2O5. The van der Waals surface area contributed by atoms with E-state index >= 15 is 0 Å². The van der Waals surface area contributed by atoms with Crippen LogP contribution in [0.15, 0.2) is 24.3 Å². The molecule has 2 amide bonds. The number of nitrogens with one attached hydrogen (secondary N) is 2. The Morgan fingerprint density at radius 1 is 1.08 bits per heavy atom. The minimum atomic E-state index is -0.984. The van der Waals surface area contributed by atoms with Gasteiger partial charge in [-0.1, -0.05) is 31.7 Å². The minimum absolute atomic E-state index is 0.0447. The van der Waals surface area contributed by atoms with Crippen LogP contribution < -0.4 is 10.6 Å². The highest BCUT2D eigenvalue weighted by atomic mass is 16.5. The van der Waals surface area contributed by atoms with E-state index in [1.807, 2.05) is 0 Å². The lowest BCUT2D eigenvalue weighted by Crippen LogP contribution is -2.35. The predicted molar refractivity (Wildman–Crippen MR) is 93.5 cm³/mol. The molecule has 25 heavy (non-hydrogen) atoms. The van der Waals surface area contributed by atoms with Crippen molar-refractivity contribution in [1.82, 2.24) is 0 Å². The molecule has 0 saturated heterocycles. The summed E-state index contributed by atoms with van der Waals surface area (Å²) in [7, 11) is 1.26. The number of hydrogen-bond acceptors (Lipinski definition) is 4. The van der Waals surface area contributed by atoms with Gasteiger partial charge in [0.25, 0.3) is 0 Å². The normalized spacial score (nSPS) is 16.4. The van der Waals surface area contributed by atoms with Crippen LogP contribution in [0, 0.1) is 5.41 Å².